The van der Waals surface area contributed by atoms with Crippen molar-refractivity contribution in [3.8, 4) is 0 Å². The van der Waals surface area contributed by atoms with Gasteiger partial charge in [0, 0.05) is 18.8 Å². The standard InChI is InChI=1S/C13H15NO4/c15-12(16)7-9-3-4-10(8-11(9)13(17)18)14-5-1-2-6-14/h3-4,8H,1-2,5-7H2,(H,15,16)(H,17,18). The lowest BCUT2D eigenvalue weighted by atomic mass is 10.0. The van der Waals surface area contributed by atoms with Crippen LogP contribution < -0.4 is 4.90 Å². The average molecular weight is 249 g/mol. The highest BCUT2D eigenvalue weighted by molar-refractivity contribution is 5.92. The summed E-state index contributed by atoms with van der Waals surface area (Å²) in [5, 5.41) is 17.9. The molecule has 1 heterocycles. The largest absolute Gasteiger partial charge is 0.481 e. The summed E-state index contributed by atoms with van der Waals surface area (Å²) in [6, 6.07) is 4.98. The van der Waals surface area contributed by atoms with Crippen LogP contribution in [0.15, 0.2) is 18.2 Å². The first kappa shape index (κ1) is 12.4. The van der Waals surface area contributed by atoms with Crippen molar-refractivity contribution in [2.24, 2.45) is 0 Å². The van der Waals surface area contributed by atoms with E-state index in [9.17, 15) is 9.59 Å². The van der Waals surface area contributed by atoms with Crippen LogP contribution in [0.3, 0.4) is 0 Å². The van der Waals surface area contributed by atoms with Gasteiger partial charge in [0.05, 0.1) is 12.0 Å². The Bertz CT molecular complexity index is 478. The Labute approximate surface area is 105 Å². The topological polar surface area (TPSA) is 77.8 Å². The molecule has 0 bridgehead atoms. The maximum absolute atomic E-state index is 11.2. The van der Waals surface area contributed by atoms with E-state index in [4.69, 9.17) is 10.2 Å². The van der Waals surface area contributed by atoms with E-state index < -0.39 is 11.9 Å². The number of hydrogen-bond acceptors (Lipinski definition) is 3. The third-order valence-corrected chi connectivity index (χ3v) is 3.14. The molecule has 1 saturated heterocycles. The number of aromatic carboxylic acids is 1. The van der Waals surface area contributed by atoms with Gasteiger partial charge in [-0.05, 0) is 30.5 Å². The van der Waals surface area contributed by atoms with Crippen LogP contribution >= 0.6 is 0 Å². The van der Waals surface area contributed by atoms with Gasteiger partial charge >= 0.3 is 11.9 Å². The minimum atomic E-state index is -1.08. The monoisotopic (exact) mass is 249 g/mol. The molecule has 18 heavy (non-hydrogen) atoms. The second-order valence-corrected chi connectivity index (χ2v) is 4.41. The van der Waals surface area contributed by atoms with Crippen LogP contribution in [0.5, 0.6) is 0 Å². The van der Waals surface area contributed by atoms with Gasteiger partial charge in [0.15, 0.2) is 0 Å². The van der Waals surface area contributed by atoms with E-state index in [0.717, 1.165) is 31.6 Å². The first-order valence-corrected chi connectivity index (χ1v) is 5.91. The summed E-state index contributed by atoms with van der Waals surface area (Å²) in [4.78, 5) is 24.0. The second-order valence-electron chi connectivity index (χ2n) is 4.41. The molecule has 0 unspecified atom stereocenters. The molecule has 0 atom stereocenters. The van der Waals surface area contributed by atoms with E-state index in [1.165, 1.54) is 0 Å². The highest BCUT2D eigenvalue weighted by Gasteiger charge is 2.17. The number of carboxylic acids is 2. The first-order valence-electron chi connectivity index (χ1n) is 5.91. The average Bonchev–Trinajstić information content (AvgIpc) is 2.82. The fraction of sp³-hybridized carbons (Fsp3) is 0.385. The molecule has 2 rings (SSSR count). The van der Waals surface area contributed by atoms with Crippen LogP contribution in [0.25, 0.3) is 0 Å². The number of rotatable bonds is 4. The summed E-state index contributed by atoms with van der Waals surface area (Å²) < 4.78 is 0. The van der Waals surface area contributed by atoms with E-state index in [1.807, 2.05) is 0 Å². The summed E-state index contributed by atoms with van der Waals surface area (Å²) in [5.74, 6) is -2.10. The Kier molecular flexibility index (Phi) is 3.50. The fourth-order valence-electron chi connectivity index (χ4n) is 2.25. The fourth-order valence-corrected chi connectivity index (χ4v) is 2.25. The molecule has 1 aromatic carbocycles. The molecule has 2 N–H and O–H groups in total. The van der Waals surface area contributed by atoms with Gasteiger partial charge in [0.25, 0.3) is 0 Å². The Morgan fingerprint density at radius 2 is 1.83 bits per heavy atom. The van der Waals surface area contributed by atoms with Crippen LogP contribution in [0.4, 0.5) is 5.69 Å². The van der Waals surface area contributed by atoms with Gasteiger partial charge in [-0.2, -0.15) is 0 Å². The summed E-state index contributed by atoms with van der Waals surface area (Å²) in [6.45, 7) is 1.86. The van der Waals surface area contributed by atoms with Gasteiger partial charge < -0.3 is 15.1 Å². The van der Waals surface area contributed by atoms with E-state index in [2.05, 4.69) is 4.90 Å². The molecule has 1 aromatic rings. The zero-order valence-corrected chi connectivity index (χ0v) is 9.93. The lowest BCUT2D eigenvalue weighted by Crippen LogP contribution is -2.18. The molecule has 0 radical (unpaired) electrons. The molecule has 5 nitrogen and oxygen atoms in total. The number of nitrogens with zero attached hydrogens (tertiary/aromatic N) is 1. The molecule has 0 spiro atoms. The number of hydrogen-bond donors (Lipinski definition) is 2. The van der Waals surface area contributed by atoms with Crippen molar-refractivity contribution in [3.05, 3.63) is 29.3 Å². The third kappa shape index (κ3) is 2.61. The van der Waals surface area contributed by atoms with E-state index in [1.54, 1.807) is 18.2 Å². The predicted octanol–water partition coefficient (Wildman–Crippen LogP) is 1.61. The Balaban J connectivity index is 2.33. The summed E-state index contributed by atoms with van der Waals surface area (Å²) in [6.07, 6.45) is 1.96. The lowest BCUT2D eigenvalue weighted by molar-refractivity contribution is -0.136. The number of benzene rings is 1. The normalized spacial score (nSPS) is 14.8. The molecule has 0 aliphatic carbocycles. The Hall–Kier alpha value is -2.04. The number of aliphatic carboxylic acids is 1. The molecule has 1 fully saturated rings. The smallest absolute Gasteiger partial charge is 0.336 e. The van der Waals surface area contributed by atoms with E-state index >= 15 is 0 Å². The predicted molar refractivity (Wildman–Crippen MR) is 66.2 cm³/mol. The van der Waals surface area contributed by atoms with E-state index in [-0.39, 0.29) is 12.0 Å². The minimum Gasteiger partial charge on any atom is -0.481 e. The highest BCUT2D eigenvalue weighted by atomic mass is 16.4. The van der Waals surface area contributed by atoms with Crippen LogP contribution in [-0.4, -0.2) is 35.2 Å². The van der Waals surface area contributed by atoms with Crippen molar-refractivity contribution in [3.63, 3.8) is 0 Å². The molecular weight excluding hydrogens is 234 g/mol. The molecule has 0 saturated carbocycles. The summed E-state index contributed by atoms with van der Waals surface area (Å²) >= 11 is 0. The third-order valence-electron chi connectivity index (χ3n) is 3.14. The van der Waals surface area contributed by atoms with Crippen LogP contribution in [0, 0.1) is 0 Å². The molecule has 1 aliphatic heterocycles. The SMILES string of the molecule is O=C(O)Cc1ccc(N2CCCC2)cc1C(=O)O. The molecule has 5 heteroatoms. The van der Waals surface area contributed by atoms with Crippen LogP contribution in [-0.2, 0) is 11.2 Å². The number of carbonyl (C=O) groups is 2. The van der Waals surface area contributed by atoms with Crippen molar-refractivity contribution in [1.82, 2.24) is 0 Å². The maximum Gasteiger partial charge on any atom is 0.336 e. The molecule has 1 aliphatic rings. The summed E-state index contributed by atoms with van der Waals surface area (Å²) in [5.41, 5.74) is 1.29. The van der Waals surface area contributed by atoms with Gasteiger partial charge in [-0.3, -0.25) is 4.79 Å². The summed E-state index contributed by atoms with van der Waals surface area (Å²) in [7, 11) is 0. The molecule has 96 valence electrons. The Morgan fingerprint density at radius 3 is 2.39 bits per heavy atom. The maximum atomic E-state index is 11.2. The first-order chi connectivity index (χ1) is 8.58. The molecular formula is C13H15NO4. The number of carboxylic acid groups (broad SMARTS) is 2. The van der Waals surface area contributed by atoms with Crippen molar-refractivity contribution in [1.29, 1.82) is 0 Å². The van der Waals surface area contributed by atoms with Crippen LogP contribution in [0.2, 0.25) is 0 Å². The van der Waals surface area contributed by atoms with Crippen molar-refractivity contribution in [2.45, 2.75) is 19.3 Å². The lowest BCUT2D eigenvalue weighted by Gasteiger charge is -2.18. The van der Waals surface area contributed by atoms with E-state index in [0.29, 0.717) is 5.56 Å². The van der Waals surface area contributed by atoms with Crippen molar-refractivity contribution < 1.29 is 19.8 Å². The van der Waals surface area contributed by atoms with Crippen LogP contribution in [0.1, 0.15) is 28.8 Å². The molecule has 0 amide bonds. The minimum absolute atomic E-state index is 0.0850. The van der Waals surface area contributed by atoms with Gasteiger partial charge in [0.2, 0.25) is 0 Å². The highest BCUT2D eigenvalue weighted by Crippen LogP contribution is 2.23. The van der Waals surface area contributed by atoms with Gasteiger partial charge in [-0.15, -0.1) is 0 Å². The van der Waals surface area contributed by atoms with Crippen molar-refractivity contribution in [2.75, 3.05) is 18.0 Å². The van der Waals surface area contributed by atoms with Gasteiger partial charge in [-0.25, -0.2) is 4.79 Å². The second kappa shape index (κ2) is 5.08. The van der Waals surface area contributed by atoms with Gasteiger partial charge in [0.1, 0.15) is 0 Å². The number of anilines is 1. The zero-order chi connectivity index (χ0) is 13.1. The quantitative estimate of drug-likeness (QED) is 0.847. The zero-order valence-electron chi connectivity index (χ0n) is 9.93. The van der Waals surface area contributed by atoms with Gasteiger partial charge in [-0.1, -0.05) is 6.07 Å². The Morgan fingerprint density at radius 1 is 1.17 bits per heavy atom. The molecule has 0 aromatic heterocycles. The van der Waals surface area contributed by atoms with Crippen molar-refractivity contribution >= 4 is 17.6 Å².